The van der Waals surface area contributed by atoms with E-state index >= 15 is 0 Å². The molecule has 3 aromatic rings. The van der Waals surface area contributed by atoms with E-state index in [4.69, 9.17) is 4.74 Å². The minimum absolute atomic E-state index is 0.195. The minimum Gasteiger partial charge on any atom is -0.448 e. The average Bonchev–Trinajstić information content (AvgIpc) is 3.15. The molecule has 0 radical (unpaired) electrons. The lowest BCUT2D eigenvalue weighted by Gasteiger charge is -2.14. The van der Waals surface area contributed by atoms with Gasteiger partial charge in [-0.3, -0.25) is 9.89 Å². The van der Waals surface area contributed by atoms with Crippen LogP contribution in [0.2, 0.25) is 0 Å². The fourth-order valence-corrected chi connectivity index (χ4v) is 2.57. The van der Waals surface area contributed by atoms with Gasteiger partial charge in [0, 0.05) is 11.3 Å². The summed E-state index contributed by atoms with van der Waals surface area (Å²) in [5.74, 6) is -1.02. The van der Waals surface area contributed by atoms with Crippen molar-refractivity contribution in [1.29, 1.82) is 0 Å². The van der Waals surface area contributed by atoms with E-state index in [9.17, 15) is 9.59 Å². The summed E-state index contributed by atoms with van der Waals surface area (Å²) in [5, 5.41) is 9.58. The molecule has 0 aliphatic heterocycles. The second-order valence-electron chi connectivity index (χ2n) is 6.39. The number of nitrogens with one attached hydrogen (secondary N) is 2. The number of nitrogens with zero attached hydrogens (tertiary/aromatic N) is 1. The number of carbonyl (C=O) groups is 2. The van der Waals surface area contributed by atoms with E-state index < -0.39 is 12.1 Å². The van der Waals surface area contributed by atoms with Gasteiger partial charge >= 0.3 is 5.97 Å². The lowest BCUT2D eigenvalue weighted by atomic mass is 10.1. The number of rotatable bonds is 5. The van der Waals surface area contributed by atoms with E-state index in [0.29, 0.717) is 11.4 Å². The summed E-state index contributed by atoms with van der Waals surface area (Å²) in [7, 11) is 0. The Morgan fingerprint density at radius 2 is 1.81 bits per heavy atom. The molecule has 2 N–H and O–H groups in total. The van der Waals surface area contributed by atoms with Crippen LogP contribution in [0, 0.1) is 13.8 Å². The van der Waals surface area contributed by atoms with Gasteiger partial charge in [-0.2, -0.15) is 5.10 Å². The SMILES string of the molecule is Cc1ccc(C)c(NC(=O)[C@H](C)OC(=O)c2cc(-c3ccccc3)n[nH]2)c1. The molecule has 6 nitrogen and oxygen atoms in total. The minimum atomic E-state index is -0.944. The summed E-state index contributed by atoms with van der Waals surface area (Å²) in [6.07, 6.45) is -0.944. The van der Waals surface area contributed by atoms with Crippen molar-refractivity contribution >= 4 is 17.6 Å². The Morgan fingerprint density at radius 1 is 1.07 bits per heavy atom. The van der Waals surface area contributed by atoms with Crippen molar-refractivity contribution in [2.75, 3.05) is 5.32 Å². The summed E-state index contributed by atoms with van der Waals surface area (Å²) in [6.45, 7) is 5.38. The largest absolute Gasteiger partial charge is 0.448 e. The number of hydrogen-bond acceptors (Lipinski definition) is 4. The number of aryl methyl sites for hydroxylation is 2. The number of H-pyrrole nitrogens is 1. The molecule has 1 atom stereocenters. The van der Waals surface area contributed by atoms with Gasteiger partial charge in [-0.1, -0.05) is 42.5 Å². The number of esters is 1. The summed E-state index contributed by atoms with van der Waals surface area (Å²) in [4.78, 5) is 24.7. The van der Waals surface area contributed by atoms with Crippen molar-refractivity contribution in [2.45, 2.75) is 26.9 Å². The standard InChI is InChI=1S/C21H21N3O3/c1-13-9-10-14(2)17(11-13)22-20(25)15(3)27-21(26)19-12-18(23-24-19)16-7-5-4-6-8-16/h4-12,15H,1-3H3,(H,22,25)(H,23,24)/t15-/m0/s1. The quantitative estimate of drug-likeness (QED) is 0.674. The van der Waals surface area contributed by atoms with Crippen LogP contribution < -0.4 is 5.32 Å². The average molecular weight is 363 g/mol. The maximum Gasteiger partial charge on any atom is 0.357 e. The molecule has 3 rings (SSSR count). The number of ether oxygens (including phenoxy) is 1. The van der Waals surface area contributed by atoms with Crippen LogP contribution in [0.25, 0.3) is 11.3 Å². The van der Waals surface area contributed by atoms with Gasteiger partial charge in [0.2, 0.25) is 0 Å². The Morgan fingerprint density at radius 3 is 2.56 bits per heavy atom. The maximum absolute atomic E-state index is 12.4. The number of aromatic amines is 1. The Labute approximate surface area is 157 Å². The number of amides is 1. The molecule has 27 heavy (non-hydrogen) atoms. The molecular formula is C21H21N3O3. The van der Waals surface area contributed by atoms with Gasteiger partial charge in [-0.25, -0.2) is 4.79 Å². The normalized spacial score (nSPS) is 11.7. The molecule has 0 saturated heterocycles. The Kier molecular flexibility index (Phi) is 5.35. The first kappa shape index (κ1) is 18.4. The molecule has 138 valence electrons. The van der Waals surface area contributed by atoms with Crippen molar-refractivity contribution < 1.29 is 14.3 Å². The summed E-state index contributed by atoms with van der Waals surface area (Å²) in [6, 6.07) is 16.9. The van der Waals surface area contributed by atoms with Crippen LogP contribution in [0.3, 0.4) is 0 Å². The lowest BCUT2D eigenvalue weighted by molar-refractivity contribution is -0.123. The second kappa shape index (κ2) is 7.86. The molecule has 0 fully saturated rings. The number of aromatic nitrogens is 2. The lowest BCUT2D eigenvalue weighted by Crippen LogP contribution is -2.30. The molecule has 0 aliphatic carbocycles. The predicted octanol–water partition coefficient (Wildman–Crippen LogP) is 3.88. The van der Waals surface area contributed by atoms with Crippen molar-refractivity contribution in [3.05, 3.63) is 71.4 Å². The van der Waals surface area contributed by atoms with Gasteiger partial charge in [0.15, 0.2) is 6.10 Å². The third-order valence-electron chi connectivity index (χ3n) is 4.17. The molecule has 0 spiro atoms. The highest BCUT2D eigenvalue weighted by Gasteiger charge is 2.21. The first-order valence-corrected chi connectivity index (χ1v) is 8.64. The molecule has 2 aromatic carbocycles. The molecule has 1 heterocycles. The van der Waals surface area contributed by atoms with Crippen LogP contribution in [-0.2, 0) is 9.53 Å². The number of benzene rings is 2. The van der Waals surface area contributed by atoms with Crippen LogP contribution in [0.1, 0.15) is 28.5 Å². The fourth-order valence-electron chi connectivity index (χ4n) is 2.57. The molecule has 0 saturated carbocycles. The second-order valence-corrected chi connectivity index (χ2v) is 6.39. The predicted molar refractivity (Wildman–Crippen MR) is 103 cm³/mol. The van der Waals surface area contributed by atoms with Gasteiger partial charge in [0.25, 0.3) is 5.91 Å². The van der Waals surface area contributed by atoms with Crippen molar-refractivity contribution in [3.8, 4) is 11.3 Å². The zero-order valence-electron chi connectivity index (χ0n) is 15.4. The third-order valence-corrected chi connectivity index (χ3v) is 4.17. The monoisotopic (exact) mass is 363 g/mol. The molecule has 0 aliphatic rings. The maximum atomic E-state index is 12.4. The van der Waals surface area contributed by atoms with E-state index in [-0.39, 0.29) is 11.6 Å². The molecule has 0 unspecified atom stereocenters. The van der Waals surface area contributed by atoms with Gasteiger partial charge in [0.05, 0.1) is 5.69 Å². The van der Waals surface area contributed by atoms with Crippen LogP contribution in [0.4, 0.5) is 5.69 Å². The molecule has 1 amide bonds. The molecule has 0 bridgehead atoms. The third kappa shape index (κ3) is 4.41. The van der Waals surface area contributed by atoms with Gasteiger partial charge < -0.3 is 10.1 Å². The first-order valence-electron chi connectivity index (χ1n) is 8.64. The Balaban J connectivity index is 1.64. The summed E-state index contributed by atoms with van der Waals surface area (Å²) >= 11 is 0. The van der Waals surface area contributed by atoms with E-state index in [1.165, 1.54) is 6.92 Å². The zero-order chi connectivity index (χ0) is 19.4. The number of anilines is 1. The molecule has 1 aromatic heterocycles. The topological polar surface area (TPSA) is 84.1 Å². The number of carbonyl (C=O) groups excluding carboxylic acids is 2. The smallest absolute Gasteiger partial charge is 0.357 e. The van der Waals surface area contributed by atoms with Crippen molar-refractivity contribution in [2.24, 2.45) is 0 Å². The van der Waals surface area contributed by atoms with Gasteiger partial charge in [-0.05, 0) is 44.0 Å². The van der Waals surface area contributed by atoms with E-state index in [2.05, 4.69) is 15.5 Å². The van der Waals surface area contributed by atoms with Crippen LogP contribution in [-0.4, -0.2) is 28.2 Å². The van der Waals surface area contributed by atoms with E-state index in [1.54, 1.807) is 6.07 Å². The molecular weight excluding hydrogens is 342 g/mol. The molecule has 6 heteroatoms. The van der Waals surface area contributed by atoms with Crippen molar-refractivity contribution in [1.82, 2.24) is 10.2 Å². The van der Waals surface area contributed by atoms with Crippen molar-refractivity contribution in [3.63, 3.8) is 0 Å². The fraction of sp³-hybridized carbons (Fsp3) is 0.190. The zero-order valence-corrected chi connectivity index (χ0v) is 15.4. The van der Waals surface area contributed by atoms with Gasteiger partial charge in [0.1, 0.15) is 5.69 Å². The van der Waals surface area contributed by atoms with Crippen LogP contribution >= 0.6 is 0 Å². The Hall–Kier alpha value is -3.41. The Bertz CT molecular complexity index is 964. The summed E-state index contributed by atoms with van der Waals surface area (Å²) in [5.41, 5.74) is 4.39. The number of hydrogen-bond donors (Lipinski definition) is 2. The first-order chi connectivity index (χ1) is 12.9. The summed E-state index contributed by atoms with van der Waals surface area (Å²) < 4.78 is 5.27. The van der Waals surface area contributed by atoms with E-state index in [0.717, 1.165) is 16.7 Å². The highest BCUT2D eigenvalue weighted by atomic mass is 16.5. The van der Waals surface area contributed by atoms with Gasteiger partial charge in [-0.15, -0.1) is 0 Å². The highest BCUT2D eigenvalue weighted by molar-refractivity contribution is 5.97. The van der Waals surface area contributed by atoms with E-state index in [1.807, 2.05) is 62.4 Å². The van der Waals surface area contributed by atoms with Crippen LogP contribution in [0.5, 0.6) is 0 Å². The van der Waals surface area contributed by atoms with Crippen LogP contribution in [0.15, 0.2) is 54.6 Å². The highest BCUT2D eigenvalue weighted by Crippen LogP contribution is 2.19.